The Bertz CT molecular complexity index is 532. The van der Waals surface area contributed by atoms with E-state index < -0.39 is 23.6 Å². The molecule has 1 heterocycles. The van der Waals surface area contributed by atoms with Gasteiger partial charge in [0.05, 0.1) is 11.1 Å². The van der Waals surface area contributed by atoms with Gasteiger partial charge in [-0.1, -0.05) is 12.1 Å². The van der Waals surface area contributed by atoms with Crippen LogP contribution in [0.5, 0.6) is 0 Å². The second-order valence-electron chi connectivity index (χ2n) is 3.53. The molecule has 2 amide bonds. The number of nitrogens with zero attached hydrogens (tertiary/aromatic N) is 1. The van der Waals surface area contributed by atoms with E-state index in [1.54, 1.807) is 0 Å². The van der Waals surface area contributed by atoms with Crippen LogP contribution < -0.4 is 10.9 Å². The molecule has 2 rings (SSSR count). The molecule has 1 aromatic rings. The van der Waals surface area contributed by atoms with Crippen LogP contribution in [0, 0.1) is 0 Å². The Morgan fingerprint density at radius 1 is 1.06 bits per heavy atom. The molecule has 93 valence electrons. The maximum absolute atomic E-state index is 12.3. The second kappa shape index (κ2) is 4.17. The van der Waals surface area contributed by atoms with Gasteiger partial charge in [-0.25, -0.2) is 5.43 Å². The van der Waals surface area contributed by atoms with E-state index in [0.717, 1.165) is 30.3 Å². The molecule has 0 saturated heterocycles. The molecule has 18 heavy (non-hydrogen) atoms. The van der Waals surface area contributed by atoms with E-state index in [1.807, 2.05) is 5.43 Å². The number of nitrogens with one attached hydrogen (secondary N) is 1. The van der Waals surface area contributed by atoms with E-state index in [1.165, 1.54) is 0 Å². The number of carbonyl (C=O) groups is 2. The zero-order valence-corrected chi connectivity index (χ0v) is 8.78. The highest BCUT2D eigenvalue weighted by atomic mass is 19.4. The van der Waals surface area contributed by atoms with Crippen molar-refractivity contribution in [1.29, 1.82) is 0 Å². The van der Waals surface area contributed by atoms with Crippen LogP contribution in [0.15, 0.2) is 30.3 Å². The Balaban J connectivity index is 2.35. The highest BCUT2D eigenvalue weighted by Crippen LogP contribution is 2.30. The van der Waals surface area contributed by atoms with Crippen molar-refractivity contribution in [3.8, 4) is 0 Å². The summed E-state index contributed by atoms with van der Waals surface area (Å²) in [4.78, 5) is 22.4. The highest BCUT2D eigenvalue weighted by molar-refractivity contribution is 6.25. The molecule has 4 nitrogen and oxygen atoms in total. The Morgan fingerprint density at radius 3 is 2.22 bits per heavy atom. The van der Waals surface area contributed by atoms with Crippen molar-refractivity contribution in [2.24, 2.45) is 0 Å². The first-order valence-electron chi connectivity index (χ1n) is 4.82. The van der Waals surface area contributed by atoms with Crippen LogP contribution >= 0.6 is 0 Å². The molecule has 1 N–H and O–H groups in total. The van der Waals surface area contributed by atoms with Gasteiger partial charge < -0.3 is 0 Å². The summed E-state index contributed by atoms with van der Waals surface area (Å²) in [6.45, 7) is 0. The molecule has 0 atom stereocenters. The number of hydrogen-bond acceptors (Lipinski definition) is 2. The molecule has 1 aliphatic heterocycles. The molecule has 0 aliphatic carbocycles. The molecule has 1 aliphatic rings. The van der Waals surface area contributed by atoms with Gasteiger partial charge in [-0.2, -0.15) is 13.2 Å². The molecule has 7 heteroatoms. The van der Waals surface area contributed by atoms with Gasteiger partial charge in [-0.05, 0) is 17.7 Å². The Labute approximate surface area is 99.5 Å². The largest absolute Gasteiger partial charge is 0.416 e. The molecule has 0 spiro atoms. The summed E-state index contributed by atoms with van der Waals surface area (Å²) in [5.74, 6) is -1.29. The molecular weight excluding hydrogens is 249 g/mol. The van der Waals surface area contributed by atoms with Gasteiger partial charge in [0.2, 0.25) is 0 Å². The maximum Gasteiger partial charge on any atom is 0.416 e. The lowest BCUT2D eigenvalue weighted by Gasteiger charge is -2.12. The van der Waals surface area contributed by atoms with Crippen LogP contribution in [-0.4, -0.2) is 11.8 Å². The van der Waals surface area contributed by atoms with Gasteiger partial charge in [0.1, 0.15) is 0 Å². The van der Waals surface area contributed by atoms with Gasteiger partial charge in [0.25, 0.3) is 11.8 Å². The van der Waals surface area contributed by atoms with Gasteiger partial charge >= 0.3 is 6.18 Å². The minimum atomic E-state index is -4.44. The number of benzene rings is 1. The van der Waals surface area contributed by atoms with Crippen LogP contribution in [0.4, 0.5) is 13.2 Å². The van der Waals surface area contributed by atoms with Crippen molar-refractivity contribution in [2.45, 2.75) is 6.18 Å². The predicted octanol–water partition coefficient (Wildman–Crippen LogP) is 1.26. The second-order valence-corrected chi connectivity index (χ2v) is 3.53. The fraction of sp³-hybridized carbons (Fsp3) is 0.0909. The Morgan fingerprint density at radius 2 is 1.67 bits per heavy atom. The summed E-state index contributed by atoms with van der Waals surface area (Å²) in [5, 5.41) is 0. The van der Waals surface area contributed by atoms with Crippen molar-refractivity contribution in [3.63, 3.8) is 0 Å². The normalized spacial score (nSPS) is 15.8. The number of alkyl halides is 3. The summed E-state index contributed by atoms with van der Waals surface area (Å²) in [6, 6.07) is 3.94. The topological polar surface area (TPSA) is 60.3 Å². The average molecular weight is 255 g/mol. The van der Waals surface area contributed by atoms with Crippen LogP contribution in [0.2, 0.25) is 0 Å². The summed E-state index contributed by atoms with van der Waals surface area (Å²) >= 11 is 0. The van der Waals surface area contributed by atoms with Crippen molar-refractivity contribution in [3.05, 3.63) is 41.5 Å². The van der Waals surface area contributed by atoms with Crippen LogP contribution in [-0.2, 0) is 15.8 Å². The van der Waals surface area contributed by atoms with Gasteiger partial charge in [0.15, 0.2) is 0 Å². The molecule has 0 bridgehead atoms. The first kappa shape index (κ1) is 12.2. The first-order chi connectivity index (χ1) is 8.38. The summed E-state index contributed by atoms with van der Waals surface area (Å²) in [6.07, 6.45) is -3.44. The minimum absolute atomic E-state index is 0.0347. The standard InChI is InChI=1S/C11H6F3N2O2/c12-11(13,14)7-3-1-6(2-4-7)8-5-9(17)15-16-10(8)18/h1-5H,(H,15,17). The number of carbonyl (C=O) groups excluding carboxylic acids is 2. The molecule has 0 saturated carbocycles. The van der Waals surface area contributed by atoms with Gasteiger partial charge in [-0.3, -0.25) is 9.59 Å². The maximum atomic E-state index is 12.3. The number of rotatable bonds is 1. The zero-order chi connectivity index (χ0) is 13.3. The van der Waals surface area contributed by atoms with Crippen molar-refractivity contribution < 1.29 is 22.8 Å². The number of halogens is 3. The number of hydrogen-bond donors (Lipinski definition) is 1. The van der Waals surface area contributed by atoms with E-state index in [0.29, 0.717) is 0 Å². The quantitative estimate of drug-likeness (QED) is 0.821. The van der Waals surface area contributed by atoms with Crippen molar-refractivity contribution >= 4 is 17.4 Å². The third-order valence-electron chi connectivity index (χ3n) is 2.30. The SMILES string of the molecule is O=C1C=C(c2ccc(C(F)(F)F)cc2)C(=O)[N]N1. The van der Waals surface area contributed by atoms with Crippen LogP contribution in [0.25, 0.3) is 5.57 Å². The minimum Gasteiger partial charge on any atom is -0.268 e. The average Bonchev–Trinajstić information content (AvgIpc) is 2.31. The number of amides is 2. The smallest absolute Gasteiger partial charge is 0.268 e. The van der Waals surface area contributed by atoms with Crippen LogP contribution in [0.3, 0.4) is 0 Å². The van der Waals surface area contributed by atoms with E-state index in [4.69, 9.17) is 0 Å². The highest BCUT2D eigenvalue weighted by Gasteiger charge is 2.30. The molecule has 0 aromatic heterocycles. The molecule has 0 unspecified atom stereocenters. The van der Waals surface area contributed by atoms with E-state index in [9.17, 15) is 22.8 Å². The molecule has 1 radical (unpaired) electrons. The zero-order valence-electron chi connectivity index (χ0n) is 8.78. The van der Waals surface area contributed by atoms with Gasteiger partial charge in [-0.15, -0.1) is 5.43 Å². The third-order valence-corrected chi connectivity index (χ3v) is 2.30. The van der Waals surface area contributed by atoms with E-state index >= 15 is 0 Å². The Kier molecular flexibility index (Phi) is 2.82. The predicted molar refractivity (Wildman–Crippen MR) is 54.7 cm³/mol. The molecule has 1 aromatic carbocycles. The summed E-state index contributed by atoms with van der Waals surface area (Å²) in [7, 11) is 0. The van der Waals surface area contributed by atoms with Crippen molar-refractivity contribution in [1.82, 2.24) is 10.9 Å². The van der Waals surface area contributed by atoms with Crippen LogP contribution in [0.1, 0.15) is 11.1 Å². The third kappa shape index (κ3) is 2.34. The fourth-order valence-corrected chi connectivity index (χ4v) is 1.44. The lowest BCUT2D eigenvalue weighted by Crippen LogP contribution is -2.39. The lowest BCUT2D eigenvalue weighted by atomic mass is 10.0. The lowest BCUT2D eigenvalue weighted by molar-refractivity contribution is -0.137. The van der Waals surface area contributed by atoms with Crippen molar-refractivity contribution in [2.75, 3.05) is 0 Å². The van der Waals surface area contributed by atoms with Gasteiger partial charge in [0, 0.05) is 6.08 Å². The van der Waals surface area contributed by atoms with E-state index in [-0.39, 0.29) is 11.1 Å². The molecule has 0 fully saturated rings. The first-order valence-corrected chi connectivity index (χ1v) is 4.82. The monoisotopic (exact) mass is 255 g/mol. The molecular formula is C11H6F3N2O2. The summed E-state index contributed by atoms with van der Waals surface area (Å²) in [5.41, 5.74) is 4.52. The Hall–Kier alpha value is -2.31. The summed E-state index contributed by atoms with van der Waals surface area (Å²) < 4.78 is 37.0. The van der Waals surface area contributed by atoms with E-state index in [2.05, 4.69) is 5.43 Å². The fourth-order valence-electron chi connectivity index (χ4n) is 1.44.